The minimum Gasteiger partial charge on any atom is -0.337 e. The highest BCUT2D eigenvalue weighted by Gasteiger charge is 2.74. The number of carbonyl (C=O) groups excluding carboxylic acids is 1. The van der Waals surface area contributed by atoms with Crippen LogP contribution in [0.4, 0.5) is 30.7 Å². The smallest absolute Gasteiger partial charge is 0.337 e. The summed E-state index contributed by atoms with van der Waals surface area (Å²) in [5, 5.41) is 0. The summed E-state index contributed by atoms with van der Waals surface area (Å²) in [5.74, 6) is -0.203. The molecule has 2 atom stereocenters. The number of alkyl halides is 7. The van der Waals surface area contributed by atoms with Crippen LogP contribution in [0.3, 0.4) is 0 Å². The van der Waals surface area contributed by atoms with Crippen molar-refractivity contribution < 1.29 is 43.9 Å². The van der Waals surface area contributed by atoms with Crippen molar-refractivity contribution in [3.05, 3.63) is 64.7 Å². The van der Waals surface area contributed by atoms with Crippen LogP contribution in [0.1, 0.15) is 86.0 Å². The van der Waals surface area contributed by atoms with E-state index in [0.717, 1.165) is 43.7 Å². The molecule has 0 aromatic heterocycles. The first-order valence-corrected chi connectivity index (χ1v) is 16.2. The standard InChI is InChI=1S/C31H32F7NO3S/c32-29(30(33,34)35,31(36,37)38)23-12-13-25-22(17-23)11-14-26-28(25,15-16-39(26)27(40)20-5-2-1-3-6-20)43(41,42)24-8-4-7-21(18-24)19-9-10-19/h4,7-8,12-13,17-20,26H,1-3,5-6,9-11,14-16H2. The first-order chi connectivity index (χ1) is 20.1. The summed E-state index contributed by atoms with van der Waals surface area (Å²) in [6.45, 7) is 0.0842. The molecule has 1 amide bonds. The first-order valence-electron chi connectivity index (χ1n) is 14.7. The van der Waals surface area contributed by atoms with Crippen molar-refractivity contribution in [1.82, 2.24) is 4.90 Å². The monoisotopic (exact) mass is 631 g/mol. The van der Waals surface area contributed by atoms with Gasteiger partial charge in [-0.15, -0.1) is 0 Å². The Balaban J connectivity index is 1.50. The first kappa shape index (κ1) is 30.4. The molecule has 0 bridgehead atoms. The third-order valence-electron chi connectivity index (χ3n) is 10.0. The molecule has 4 aliphatic rings. The summed E-state index contributed by atoms with van der Waals surface area (Å²) in [5.41, 5.74) is -6.48. The summed E-state index contributed by atoms with van der Waals surface area (Å²) >= 11 is 0. The van der Waals surface area contributed by atoms with E-state index >= 15 is 4.39 Å². The number of likely N-dealkylation sites (tertiary alicyclic amines) is 1. The van der Waals surface area contributed by atoms with Gasteiger partial charge in [-0.25, -0.2) is 12.8 Å². The van der Waals surface area contributed by atoms with Crippen LogP contribution in [0.5, 0.6) is 0 Å². The second-order valence-corrected chi connectivity index (χ2v) is 14.6. The van der Waals surface area contributed by atoms with Crippen molar-refractivity contribution in [1.29, 1.82) is 0 Å². The number of rotatable bonds is 5. The maximum Gasteiger partial charge on any atom is 0.435 e. The molecular formula is C31H32F7NO3S. The lowest BCUT2D eigenvalue weighted by atomic mass is 9.76. The predicted molar refractivity (Wildman–Crippen MR) is 144 cm³/mol. The number of sulfone groups is 1. The number of nitrogens with zero attached hydrogens (tertiary/aromatic N) is 1. The molecule has 0 spiro atoms. The molecule has 1 heterocycles. The Morgan fingerprint density at radius 2 is 1.51 bits per heavy atom. The fourth-order valence-electron chi connectivity index (χ4n) is 7.64. The van der Waals surface area contributed by atoms with E-state index in [2.05, 4.69) is 0 Å². The number of halogens is 7. The fourth-order valence-corrected chi connectivity index (χ4v) is 10.1. The SMILES string of the molecule is O=C(C1CCCCC1)N1CCC2(S(=O)(=O)c3cccc(C4CC4)c3)c3ccc(C(F)(C(F)(F)F)C(F)(F)F)cc3CCC12. The largest absolute Gasteiger partial charge is 0.435 e. The average molecular weight is 632 g/mol. The summed E-state index contributed by atoms with van der Waals surface area (Å²) in [6.07, 6.45) is -6.81. The normalized spacial score (nSPS) is 25.4. The Morgan fingerprint density at radius 3 is 2.14 bits per heavy atom. The number of hydrogen-bond donors (Lipinski definition) is 0. The van der Waals surface area contributed by atoms with Crippen molar-refractivity contribution in [2.45, 2.75) is 104 Å². The van der Waals surface area contributed by atoms with Gasteiger partial charge >= 0.3 is 18.0 Å². The lowest BCUT2D eigenvalue weighted by molar-refractivity contribution is -0.348. The molecule has 3 aliphatic carbocycles. The van der Waals surface area contributed by atoms with Crippen LogP contribution < -0.4 is 0 Å². The second kappa shape index (κ2) is 10.2. The molecule has 4 nitrogen and oxygen atoms in total. The number of amides is 1. The number of carbonyl (C=O) groups is 1. The lowest BCUT2D eigenvalue weighted by Crippen LogP contribution is -2.53. The molecule has 2 unspecified atom stereocenters. The van der Waals surface area contributed by atoms with Crippen LogP contribution >= 0.6 is 0 Å². The van der Waals surface area contributed by atoms with E-state index in [-0.39, 0.29) is 59.6 Å². The predicted octanol–water partition coefficient (Wildman–Crippen LogP) is 7.65. The van der Waals surface area contributed by atoms with Crippen LogP contribution in [0.25, 0.3) is 0 Å². The van der Waals surface area contributed by atoms with Gasteiger partial charge in [0.1, 0.15) is 4.75 Å². The fraction of sp³-hybridized carbons (Fsp3) is 0.581. The van der Waals surface area contributed by atoms with E-state index in [1.807, 2.05) is 6.07 Å². The summed E-state index contributed by atoms with van der Waals surface area (Å²) in [4.78, 5) is 15.3. The number of hydrogen-bond acceptors (Lipinski definition) is 3. The van der Waals surface area contributed by atoms with E-state index in [0.29, 0.717) is 25.0 Å². The topological polar surface area (TPSA) is 54.5 Å². The third kappa shape index (κ3) is 4.60. The number of fused-ring (bicyclic) bond motifs is 3. The Hall–Kier alpha value is -2.63. The van der Waals surface area contributed by atoms with Crippen LogP contribution in [-0.2, 0) is 31.5 Å². The van der Waals surface area contributed by atoms with Gasteiger partial charge in [-0.1, -0.05) is 49.6 Å². The quantitative estimate of drug-likeness (QED) is 0.319. The maximum atomic E-state index is 15.0. The van der Waals surface area contributed by atoms with Crippen molar-refractivity contribution in [2.75, 3.05) is 6.54 Å². The highest BCUT2D eigenvalue weighted by Crippen LogP contribution is 2.57. The van der Waals surface area contributed by atoms with Gasteiger partial charge < -0.3 is 4.90 Å². The molecule has 3 fully saturated rings. The second-order valence-electron chi connectivity index (χ2n) is 12.4. The van der Waals surface area contributed by atoms with E-state index in [9.17, 15) is 39.6 Å². The molecule has 0 N–H and O–H groups in total. The highest BCUT2D eigenvalue weighted by atomic mass is 32.2. The molecule has 1 aliphatic heterocycles. The Morgan fingerprint density at radius 1 is 0.837 bits per heavy atom. The zero-order valence-corrected chi connectivity index (χ0v) is 24.1. The minimum atomic E-state index is -6.29. The van der Waals surface area contributed by atoms with Gasteiger partial charge in [-0.2, -0.15) is 26.3 Å². The van der Waals surface area contributed by atoms with Gasteiger partial charge in [0.15, 0.2) is 9.84 Å². The van der Waals surface area contributed by atoms with Crippen LogP contribution in [0, 0.1) is 5.92 Å². The van der Waals surface area contributed by atoms with Crippen LogP contribution in [-0.4, -0.2) is 44.2 Å². The molecule has 1 saturated heterocycles. The van der Waals surface area contributed by atoms with Crippen LogP contribution in [0.15, 0.2) is 47.4 Å². The van der Waals surface area contributed by atoms with Gasteiger partial charge in [0.25, 0.3) is 0 Å². The van der Waals surface area contributed by atoms with E-state index in [1.54, 1.807) is 17.0 Å². The van der Waals surface area contributed by atoms with Crippen molar-refractivity contribution in [2.24, 2.45) is 5.92 Å². The molecule has 2 aromatic rings. The third-order valence-corrected chi connectivity index (χ3v) is 12.5. The van der Waals surface area contributed by atoms with Crippen LogP contribution in [0.2, 0.25) is 0 Å². The zero-order valence-electron chi connectivity index (χ0n) is 23.3. The maximum absolute atomic E-state index is 15.0. The molecular weight excluding hydrogens is 599 g/mol. The Bertz CT molecular complexity index is 1510. The van der Waals surface area contributed by atoms with Gasteiger partial charge in [0, 0.05) is 18.0 Å². The highest BCUT2D eigenvalue weighted by molar-refractivity contribution is 7.92. The van der Waals surface area contributed by atoms with E-state index < -0.39 is 44.2 Å². The Labute approximate surface area is 245 Å². The van der Waals surface area contributed by atoms with Gasteiger partial charge in [-0.3, -0.25) is 4.79 Å². The molecule has 43 heavy (non-hydrogen) atoms. The Kier molecular flexibility index (Phi) is 7.21. The van der Waals surface area contributed by atoms with Gasteiger partial charge in [0.05, 0.1) is 10.9 Å². The minimum absolute atomic E-state index is 0.00351. The van der Waals surface area contributed by atoms with Crippen molar-refractivity contribution in [3.8, 4) is 0 Å². The molecule has 12 heteroatoms. The summed E-state index contributed by atoms with van der Waals surface area (Å²) < 4.78 is 124. The van der Waals surface area contributed by atoms with E-state index in [1.165, 1.54) is 6.07 Å². The zero-order chi connectivity index (χ0) is 31.0. The van der Waals surface area contributed by atoms with Gasteiger partial charge in [0.2, 0.25) is 5.91 Å². The number of benzene rings is 2. The van der Waals surface area contributed by atoms with Crippen molar-refractivity contribution >= 4 is 15.7 Å². The average Bonchev–Trinajstić information content (AvgIpc) is 3.74. The number of aryl methyl sites for hydroxylation is 1. The summed E-state index contributed by atoms with van der Waals surface area (Å²) in [7, 11) is -4.34. The molecule has 234 valence electrons. The molecule has 2 saturated carbocycles. The van der Waals surface area contributed by atoms with Crippen molar-refractivity contribution in [3.63, 3.8) is 0 Å². The van der Waals surface area contributed by atoms with Gasteiger partial charge in [-0.05, 0) is 79.7 Å². The summed E-state index contributed by atoms with van der Waals surface area (Å²) in [6, 6.07) is 7.48. The molecule has 6 rings (SSSR count). The molecule has 2 aromatic carbocycles. The van der Waals surface area contributed by atoms with E-state index in [4.69, 9.17) is 0 Å². The molecule has 0 radical (unpaired) electrons. The lowest BCUT2D eigenvalue weighted by Gasteiger charge is -2.43.